The first-order chi connectivity index (χ1) is 10.0. The molecule has 0 amide bonds. The maximum absolute atomic E-state index is 11.2. The first-order valence-electron chi connectivity index (χ1n) is 7.02. The zero-order valence-electron chi connectivity index (χ0n) is 11.9. The lowest BCUT2D eigenvalue weighted by molar-refractivity contribution is -0.384. The molecule has 7 nitrogen and oxygen atoms in total. The van der Waals surface area contributed by atoms with Crippen LogP contribution in [0.1, 0.15) is 30.1 Å². The fourth-order valence-electron chi connectivity index (χ4n) is 2.75. The van der Waals surface area contributed by atoms with Gasteiger partial charge in [-0.25, -0.2) is 4.79 Å². The number of aromatic carboxylic acids is 1. The van der Waals surface area contributed by atoms with Crippen LogP contribution in [0.25, 0.3) is 0 Å². The Morgan fingerprint density at radius 1 is 1.57 bits per heavy atom. The lowest BCUT2D eigenvalue weighted by atomic mass is 10.1. The van der Waals surface area contributed by atoms with Crippen molar-refractivity contribution in [2.75, 3.05) is 25.0 Å². The SMILES string of the molecule is CCN1CCCC1CNc1ccc([N+](=O)[O-])cc1C(=O)O. The van der Waals surface area contributed by atoms with Gasteiger partial charge in [-0.05, 0) is 32.0 Å². The Kier molecular flexibility index (Phi) is 4.74. The van der Waals surface area contributed by atoms with Crippen molar-refractivity contribution < 1.29 is 14.8 Å². The molecule has 114 valence electrons. The zero-order valence-corrected chi connectivity index (χ0v) is 11.9. The molecule has 1 aliphatic rings. The lowest BCUT2D eigenvalue weighted by Crippen LogP contribution is -2.34. The monoisotopic (exact) mass is 293 g/mol. The van der Waals surface area contributed by atoms with E-state index < -0.39 is 10.9 Å². The van der Waals surface area contributed by atoms with E-state index in [2.05, 4.69) is 17.1 Å². The molecule has 1 fully saturated rings. The highest BCUT2D eigenvalue weighted by Gasteiger charge is 2.23. The van der Waals surface area contributed by atoms with E-state index in [4.69, 9.17) is 0 Å². The van der Waals surface area contributed by atoms with Gasteiger partial charge in [0, 0.05) is 30.4 Å². The van der Waals surface area contributed by atoms with Gasteiger partial charge in [0.15, 0.2) is 0 Å². The number of carboxylic acid groups (broad SMARTS) is 1. The summed E-state index contributed by atoms with van der Waals surface area (Å²) >= 11 is 0. The zero-order chi connectivity index (χ0) is 15.4. The van der Waals surface area contributed by atoms with Crippen molar-refractivity contribution in [3.05, 3.63) is 33.9 Å². The molecule has 7 heteroatoms. The third-order valence-corrected chi connectivity index (χ3v) is 3.88. The van der Waals surface area contributed by atoms with E-state index in [9.17, 15) is 20.0 Å². The number of likely N-dealkylation sites (N-methyl/N-ethyl adjacent to an activating group) is 1. The second-order valence-corrected chi connectivity index (χ2v) is 5.10. The minimum atomic E-state index is -1.17. The number of carboxylic acids is 1. The van der Waals surface area contributed by atoms with Gasteiger partial charge in [-0.15, -0.1) is 0 Å². The van der Waals surface area contributed by atoms with Gasteiger partial charge in [0.25, 0.3) is 5.69 Å². The summed E-state index contributed by atoms with van der Waals surface area (Å²) in [5, 5.41) is 23.0. The molecule has 1 saturated heterocycles. The van der Waals surface area contributed by atoms with Crippen LogP contribution in [-0.2, 0) is 0 Å². The van der Waals surface area contributed by atoms with Gasteiger partial charge in [0.2, 0.25) is 0 Å². The lowest BCUT2D eigenvalue weighted by Gasteiger charge is -2.23. The first kappa shape index (κ1) is 15.2. The molecular weight excluding hydrogens is 274 g/mol. The van der Waals surface area contributed by atoms with E-state index in [1.165, 1.54) is 12.1 Å². The van der Waals surface area contributed by atoms with Gasteiger partial charge >= 0.3 is 5.97 Å². The van der Waals surface area contributed by atoms with Crippen LogP contribution in [0.5, 0.6) is 0 Å². The summed E-state index contributed by atoms with van der Waals surface area (Å²) in [5.74, 6) is -1.17. The van der Waals surface area contributed by atoms with Gasteiger partial charge in [-0.1, -0.05) is 6.92 Å². The number of non-ortho nitro benzene ring substituents is 1. The van der Waals surface area contributed by atoms with Crippen molar-refractivity contribution in [3.63, 3.8) is 0 Å². The van der Waals surface area contributed by atoms with Gasteiger partial charge in [-0.3, -0.25) is 15.0 Å². The Labute approximate surface area is 122 Å². The van der Waals surface area contributed by atoms with Gasteiger partial charge in [0.05, 0.1) is 10.5 Å². The maximum atomic E-state index is 11.2. The molecule has 0 spiro atoms. The van der Waals surface area contributed by atoms with Crippen molar-refractivity contribution in [2.45, 2.75) is 25.8 Å². The predicted molar refractivity (Wildman–Crippen MR) is 78.8 cm³/mol. The van der Waals surface area contributed by atoms with Crippen molar-refractivity contribution in [3.8, 4) is 0 Å². The Morgan fingerprint density at radius 3 is 2.95 bits per heavy atom. The van der Waals surface area contributed by atoms with Crippen LogP contribution < -0.4 is 5.32 Å². The smallest absolute Gasteiger partial charge is 0.338 e. The number of nitro benzene ring substituents is 1. The van der Waals surface area contributed by atoms with E-state index in [-0.39, 0.29) is 11.3 Å². The highest BCUT2D eigenvalue weighted by molar-refractivity contribution is 5.95. The van der Waals surface area contributed by atoms with Crippen molar-refractivity contribution in [1.29, 1.82) is 0 Å². The Bertz CT molecular complexity index is 547. The highest BCUT2D eigenvalue weighted by atomic mass is 16.6. The van der Waals surface area contributed by atoms with Gasteiger partial charge < -0.3 is 10.4 Å². The van der Waals surface area contributed by atoms with E-state index >= 15 is 0 Å². The molecule has 1 aromatic rings. The second-order valence-electron chi connectivity index (χ2n) is 5.10. The highest BCUT2D eigenvalue weighted by Crippen LogP contribution is 2.23. The predicted octanol–water partition coefficient (Wildman–Crippen LogP) is 2.19. The molecule has 0 radical (unpaired) electrons. The summed E-state index contributed by atoms with van der Waals surface area (Å²) in [7, 11) is 0. The van der Waals surface area contributed by atoms with Crippen LogP contribution in [0.4, 0.5) is 11.4 Å². The van der Waals surface area contributed by atoms with E-state index in [0.717, 1.165) is 32.0 Å². The number of likely N-dealkylation sites (tertiary alicyclic amines) is 1. The molecule has 2 N–H and O–H groups in total. The number of hydrogen-bond donors (Lipinski definition) is 2. The number of nitrogens with zero attached hydrogens (tertiary/aromatic N) is 2. The normalized spacial score (nSPS) is 18.6. The summed E-state index contributed by atoms with van der Waals surface area (Å²) in [5.41, 5.74) is 0.148. The maximum Gasteiger partial charge on any atom is 0.338 e. The number of anilines is 1. The summed E-state index contributed by atoms with van der Waals surface area (Å²) in [6, 6.07) is 4.26. The number of nitrogens with one attached hydrogen (secondary N) is 1. The summed E-state index contributed by atoms with van der Waals surface area (Å²) in [6.45, 7) is 4.78. The Morgan fingerprint density at radius 2 is 2.33 bits per heavy atom. The topological polar surface area (TPSA) is 95.7 Å². The molecule has 1 unspecified atom stereocenters. The fourth-order valence-corrected chi connectivity index (χ4v) is 2.75. The minimum Gasteiger partial charge on any atom is -0.478 e. The molecule has 1 aliphatic heterocycles. The van der Waals surface area contributed by atoms with Crippen LogP contribution >= 0.6 is 0 Å². The molecule has 1 atom stereocenters. The number of rotatable bonds is 6. The molecule has 1 heterocycles. The molecule has 2 rings (SSSR count). The number of carbonyl (C=O) groups is 1. The third kappa shape index (κ3) is 3.49. The van der Waals surface area contributed by atoms with Crippen molar-refractivity contribution in [1.82, 2.24) is 4.90 Å². The summed E-state index contributed by atoms with van der Waals surface area (Å²) < 4.78 is 0. The molecule has 0 saturated carbocycles. The van der Waals surface area contributed by atoms with Crippen molar-refractivity contribution >= 4 is 17.3 Å². The second kappa shape index (κ2) is 6.53. The van der Waals surface area contributed by atoms with Crippen LogP contribution in [0, 0.1) is 10.1 Å². The van der Waals surface area contributed by atoms with Crippen LogP contribution in [-0.4, -0.2) is 46.6 Å². The van der Waals surface area contributed by atoms with E-state index in [0.29, 0.717) is 18.3 Å². The van der Waals surface area contributed by atoms with Crippen LogP contribution in [0.15, 0.2) is 18.2 Å². The molecule has 0 aromatic heterocycles. The van der Waals surface area contributed by atoms with E-state index in [1.54, 1.807) is 0 Å². The average Bonchev–Trinajstić information content (AvgIpc) is 2.92. The summed E-state index contributed by atoms with van der Waals surface area (Å²) in [6.07, 6.45) is 2.22. The number of hydrogen-bond acceptors (Lipinski definition) is 5. The quantitative estimate of drug-likeness (QED) is 0.616. The minimum absolute atomic E-state index is 0.0646. The average molecular weight is 293 g/mol. The van der Waals surface area contributed by atoms with E-state index in [1.807, 2.05) is 0 Å². The molecular formula is C14H19N3O4. The van der Waals surface area contributed by atoms with Crippen LogP contribution in [0.3, 0.4) is 0 Å². The van der Waals surface area contributed by atoms with Crippen LogP contribution in [0.2, 0.25) is 0 Å². The molecule has 1 aromatic carbocycles. The van der Waals surface area contributed by atoms with Crippen molar-refractivity contribution in [2.24, 2.45) is 0 Å². The Balaban J connectivity index is 2.12. The largest absolute Gasteiger partial charge is 0.478 e. The number of benzene rings is 1. The third-order valence-electron chi connectivity index (χ3n) is 3.88. The first-order valence-corrected chi connectivity index (χ1v) is 7.02. The standard InChI is InChI=1S/C14H19N3O4/c1-2-16-7-3-4-11(16)9-15-13-6-5-10(17(20)21)8-12(13)14(18)19/h5-6,8,11,15H,2-4,7,9H2,1H3,(H,18,19). The summed E-state index contributed by atoms with van der Waals surface area (Å²) in [4.78, 5) is 23.7. The molecule has 21 heavy (non-hydrogen) atoms. The fraction of sp³-hybridized carbons (Fsp3) is 0.500. The molecule has 0 aliphatic carbocycles. The number of nitro groups is 1. The van der Waals surface area contributed by atoms with Gasteiger partial charge in [0.1, 0.15) is 0 Å². The molecule has 0 bridgehead atoms. The van der Waals surface area contributed by atoms with Gasteiger partial charge in [-0.2, -0.15) is 0 Å². The Hall–Kier alpha value is -2.15.